The Morgan fingerprint density at radius 2 is 1.52 bits per heavy atom. The van der Waals surface area contributed by atoms with Gasteiger partial charge in [0.25, 0.3) is 5.91 Å². The molecule has 1 N–H and O–H groups in total. The van der Waals surface area contributed by atoms with Gasteiger partial charge in [-0.1, -0.05) is 0 Å². The zero-order valence-corrected chi connectivity index (χ0v) is 16.7. The Balaban J connectivity index is 1.34. The molecule has 1 aromatic carbocycles. The van der Waals surface area contributed by atoms with E-state index in [2.05, 4.69) is 32.3 Å². The molecule has 2 aliphatic rings. The molecule has 8 heteroatoms. The minimum absolute atomic E-state index is 0.0424. The highest BCUT2D eigenvalue weighted by Crippen LogP contribution is 2.23. The fraction of sp³-hybridized carbons (Fsp3) is 0.429. The average Bonchev–Trinajstić information content (AvgIpc) is 3.29. The number of amides is 2. The zero-order valence-electron chi connectivity index (χ0n) is 16.7. The lowest BCUT2D eigenvalue weighted by Crippen LogP contribution is -2.50. The summed E-state index contributed by atoms with van der Waals surface area (Å²) in [5, 5.41) is 3.22. The predicted molar refractivity (Wildman–Crippen MR) is 111 cm³/mol. The molecule has 0 radical (unpaired) electrons. The van der Waals surface area contributed by atoms with Crippen LogP contribution in [0.4, 0.5) is 17.2 Å². The molecule has 0 unspecified atom stereocenters. The molecule has 8 nitrogen and oxygen atoms in total. The van der Waals surface area contributed by atoms with Gasteiger partial charge >= 0.3 is 0 Å². The number of benzene rings is 1. The van der Waals surface area contributed by atoms with E-state index < -0.39 is 0 Å². The van der Waals surface area contributed by atoms with Gasteiger partial charge in [0.1, 0.15) is 11.5 Å². The standard InChI is InChI=1S/C21H26N6O2/c1-16(28)25-10-12-27(13-11-25)21(29)19-14-23-20(15-22-19)24-17-4-6-18(7-5-17)26-8-2-3-9-26/h4-7,14-15H,2-3,8-13H2,1H3,(H,23,24). The van der Waals surface area contributed by atoms with E-state index in [1.807, 2.05) is 12.1 Å². The van der Waals surface area contributed by atoms with Crippen LogP contribution in [-0.2, 0) is 4.79 Å². The van der Waals surface area contributed by atoms with Crippen molar-refractivity contribution >= 4 is 29.0 Å². The van der Waals surface area contributed by atoms with E-state index in [0.717, 1.165) is 18.8 Å². The van der Waals surface area contributed by atoms with Crippen LogP contribution < -0.4 is 10.2 Å². The van der Waals surface area contributed by atoms with Gasteiger partial charge in [-0.25, -0.2) is 9.97 Å². The maximum atomic E-state index is 12.6. The van der Waals surface area contributed by atoms with Crippen LogP contribution in [0.1, 0.15) is 30.3 Å². The number of carbonyl (C=O) groups excluding carboxylic acids is 2. The van der Waals surface area contributed by atoms with Crippen LogP contribution in [0, 0.1) is 0 Å². The quantitative estimate of drug-likeness (QED) is 0.856. The SMILES string of the molecule is CC(=O)N1CCN(C(=O)c2cnc(Nc3ccc(N4CCCC4)cc3)cn2)CC1. The second kappa shape index (κ2) is 8.46. The van der Waals surface area contributed by atoms with Crippen molar-refractivity contribution in [2.75, 3.05) is 49.5 Å². The fourth-order valence-corrected chi connectivity index (χ4v) is 3.77. The topological polar surface area (TPSA) is 81.7 Å². The minimum atomic E-state index is -0.151. The van der Waals surface area contributed by atoms with Crippen molar-refractivity contribution in [3.63, 3.8) is 0 Å². The molecule has 3 heterocycles. The summed E-state index contributed by atoms with van der Waals surface area (Å²) in [6.07, 6.45) is 5.59. The number of hydrogen-bond donors (Lipinski definition) is 1. The highest BCUT2D eigenvalue weighted by atomic mass is 16.2. The summed E-state index contributed by atoms with van der Waals surface area (Å²) in [7, 11) is 0. The Bertz CT molecular complexity index is 854. The van der Waals surface area contributed by atoms with Crippen molar-refractivity contribution in [2.24, 2.45) is 0 Å². The van der Waals surface area contributed by atoms with Crippen LogP contribution in [0.2, 0.25) is 0 Å². The molecule has 0 saturated carbocycles. The first kappa shape index (κ1) is 19.2. The Morgan fingerprint density at radius 1 is 0.862 bits per heavy atom. The van der Waals surface area contributed by atoms with Gasteiger partial charge in [-0.2, -0.15) is 0 Å². The van der Waals surface area contributed by atoms with E-state index in [9.17, 15) is 9.59 Å². The van der Waals surface area contributed by atoms with E-state index in [1.54, 1.807) is 22.9 Å². The number of nitrogens with zero attached hydrogens (tertiary/aromatic N) is 5. The van der Waals surface area contributed by atoms with Gasteiger partial charge in [0.05, 0.1) is 12.4 Å². The number of carbonyl (C=O) groups is 2. The second-order valence-electron chi connectivity index (χ2n) is 7.45. The van der Waals surface area contributed by atoms with Crippen molar-refractivity contribution in [1.82, 2.24) is 19.8 Å². The van der Waals surface area contributed by atoms with Crippen molar-refractivity contribution in [3.8, 4) is 0 Å². The molecule has 0 atom stereocenters. The van der Waals surface area contributed by atoms with Gasteiger partial charge < -0.3 is 20.0 Å². The monoisotopic (exact) mass is 394 g/mol. The molecule has 0 bridgehead atoms. The van der Waals surface area contributed by atoms with Gasteiger partial charge in [-0.3, -0.25) is 9.59 Å². The number of anilines is 3. The van der Waals surface area contributed by atoms with Crippen LogP contribution >= 0.6 is 0 Å². The first-order chi connectivity index (χ1) is 14.1. The summed E-state index contributed by atoms with van der Waals surface area (Å²) in [5.41, 5.74) is 2.49. The Labute approximate surface area is 170 Å². The zero-order chi connectivity index (χ0) is 20.2. The third-order valence-electron chi connectivity index (χ3n) is 5.49. The maximum Gasteiger partial charge on any atom is 0.274 e. The van der Waals surface area contributed by atoms with Gasteiger partial charge in [0.2, 0.25) is 5.91 Å². The Kier molecular flexibility index (Phi) is 5.59. The molecular weight excluding hydrogens is 368 g/mol. The molecule has 0 spiro atoms. The first-order valence-corrected chi connectivity index (χ1v) is 10.1. The largest absolute Gasteiger partial charge is 0.372 e. The minimum Gasteiger partial charge on any atom is -0.372 e. The van der Waals surface area contributed by atoms with Gasteiger partial charge in [-0.05, 0) is 37.1 Å². The van der Waals surface area contributed by atoms with Crippen LogP contribution in [-0.4, -0.2) is 70.9 Å². The van der Waals surface area contributed by atoms with Crippen molar-refractivity contribution < 1.29 is 9.59 Å². The summed E-state index contributed by atoms with van der Waals surface area (Å²) in [6.45, 7) is 5.94. The third kappa shape index (κ3) is 4.47. The second-order valence-corrected chi connectivity index (χ2v) is 7.45. The number of piperazine rings is 1. The van der Waals surface area contributed by atoms with Crippen molar-refractivity contribution in [3.05, 3.63) is 42.4 Å². The van der Waals surface area contributed by atoms with Crippen LogP contribution in [0.5, 0.6) is 0 Å². The number of rotatable bonds is 4. The lowest BCUT2D eigenvalue weighted by Gasteiger charge is -2.33. The summed E-state index contributed by atoms with van der Waals surface area (Å²) in [6, 6.07) is 8.28. The molecule has 2 aromatic rings. The van der Waals surface area contributed by atoms with Crippen molar-refractivity contribution in [2.45, 2.75) is 19.8 Å². The van der Waals surface area contributed by atoms with Gasteiger partial charge in [0.15, 0.2) is 0 Å². The maximum absolute atomic E-state index is 12.6. The Morgan fingerprint density at radius 3 is 2.10 bits per heavy atom. The molecule has 2 amide bonds. The normalized spacial score (nSPS) is 16.8. The lowest BCUT2D eigenvalue weighted by molar-refractivity contribution is -0.130. The molecular formula is C21H26N6O2. The van der Waals surface area contributed by atoms with Crippen LogP contribution in [0.3, 0.4) is 0 Å². The molecule has 4 rings (SSSR count). The van der Waals surface area contributed by atoms with E-state index in [1.165, 1.54) is 24.7 Å². The molecule has 152 valence electrons. The van der Waals surface area contributed by atoms with E-state index in [4.69, 9.17) is 0 Å². The fourth-order valence-electron chi connectivity index (χ4n) is 3.77. The third-order valence-corrected chi connectivity index (χ3v) is 5.49. The van der Waals surface area contributed by atoms with Gasteiger partial charge in [-0.15, -0.1) is 0 Å². The van der Waals surface area contributed by atoms with Crippen LogP contribution in [0.15, 0.2) is 36.7 Å². The summed E-state index contributed by atoms with van der Waals surface area (Å²) in [5.74, 6) is 0.486. The van der Waals surface area contributed by atoms with Gasteiger partial charge in [0, 0.05) is 57.6 Å². The molecule has 2 fully saturated rings. The van der Waals surface area contributed by atoms with E-state index >= 15 is 0 Å². The van der Waals surface area contributed by atoms with E-state index in [0.29, 0.717) is 37.7 Å². The summed E-state index contributed by atoms with van der Waals surface area (Å²) in [4.78, 5) is 38.5. The number of hydrogen-bond acceptors (Lipinski definition) is 6. The van der Waals surface area contributed by atoms with E-state index in [-0.39, 0.29) is 11.8 Å². The van der Waals surface area contributed by atoms with Crippen molar-refractivity contribution in [1.29, 1.82) is 0 Å². The Hall–Kier alpha value is -3.16. The molecule has 29 heavy (non-hydrogen) atoms. The molecule has 2 saturated heterocycles. The number of nitrogens with one attached hydrogen (secondary N) is 1. The summed E-state index contributed by atoms with van der Waals surface area (Å²) < 4.78 is 0. The number of aromatic nitrogens is 2. The smallest absolute Gasteiger partial charge is 0.274 e. The average molecular weight is 394 g/mol. The highest BCUT2D eigenvalue weighted by Gasteiger charge is 2.24. The molecule has 2 aliphatic heterocycles. The highest BCUT2D eigenvalue weighted by molar-refractivity contribution is 5.92. The lowest BCUT2D eigenvalue weighted by atomic mass is 10.2. The molecule has 0 aliphatic carbocycles. The molecule has 1 aromatic heterocycles. The summed E-state index contributed by atoms with van der Waals surface area (Å²) >= 11 is 0. The van der Waals surface area contributed by atoms with Crippen LogP contribution in [0.25, 0.3) is 0 Å². The predicted octanol–water partition coefficient (Wildman–Crippen LogP) is 2.12. The first-order valence-electron chi connectivity index (χ1n) is 10.1.